The van der Waals surface area contributed by atoms with Crippen molar-refractivity contribution in [3.05, 3.63) is 69.4 Å². The minimum absolute atomic E-state index is 0.0212. The van der Waals surface area contributed by atoms with Crippen LogP contribution in [0.5, 0.6) is 0 Å². The Morgan fingerprint density at radius 3 is 2.70 bits per heavy atom. The van der Waals surface area contributed by atoms with E-state index in [4.69, 9.17) is 11.6 Å². The highest BCUT2D eigenvalue weighted by Crippen LogP contribution is 2.15. The standard InChI is InChI=1S/C15H12BrClFNO/c16-12-4-5-14(18)13(7-12)15(20)19-9-11-3-1-2-10(6-11)8-17/h1-7H,8-9H2,(H,19,20). The third-order valence-corrected chi connectivity index (χ3v) is 3.57. The topological polar surface area (TPSA) is 29.1 Å². The van der Waals surface area contributed by atoms with E-state index in [2.05, 4.69) is 21.2 Å². The molecule has 0 fully saturated rings. The Kier molecular flexibility index (Phi) is 5.15. The molecule has 0 bridgehead atoms. The van der Waals surface area contributed by atoms with E-state index in [0.717, 1.165) is 11.1 Å². The monoisotopic (exact) mass is 355 g/mol. The van der Waals surface area contributed by atoms with Crippen LogP contribution in [0.4, 0.5) is 4.39 Å². The first-order chi connectivity index (χ1) is 9.60. The molecular formula is C15H12BrClFNO. The number of carbonyl (C=O) groups excluding carboxylic acids is 1. The molecular weight excluding hydrogens is 345 g/mol. The summed E-state index contributed by atoms with van der Waals surface area (Å²) in [6, 6.07) is 11.8. The summed E-state index contributed by atoms with van der Waals surface area (Å²) in [5, 5.41) is 2.69. The van der Waals surface area contributed by atoms with Gasteiger partial charge in [-0.15, -0.1) is 11.6 Å². The second-order valence-corrected chi connectivity index (χ2v) is 5.44. The number of halogens is 3. The van der Waals surface area contributed by atoms with E-state index in [1.807, 2.05) is 24.3 Å². The molecule has 5 heteroatoms. The Balaban J connectivity index is 2.06. The lowest BCUT2D eigenvalue weighted by Crippen LogP contribution is -2.23. The molecule has 20 heavy (non-hydrogen) atoms. The molecule has 0 heterocycles. The van der Waals surface area contributed by atoms with Crippen molar-refractivity contribution in [2.45, 2.75) is 12.4 Å². The Labute approximate surface area is 130 Å². The maximum Gasteiger partial charge on any atom is 0.254 e. The predicted octanol–water partition coefficient (Wildman–Crippen LogP) is 4.26. The largest absolute Gasteiger partial charge is 0.348 e. The van der Waals surface area contributed by atoms with E-state index in [0.29, 0.717) is 16.9 Å². The SMILES string of the molecule is O=C(NCc1cccc(CCl)c1)c1cc(Br)ccc1F. The van der Waals surface area contributed by atoms with Crippen LogP contribution in [0.25, 0.3) is 0 Å². The first kappa shape index (κ1) is 15.0. The van der Waals surface area contributed by atoms with Crippen LogP contribution >= 0.6 is 27.5 Å². The van der Waals surface area contributed by atoms with Crippen molar-refractivity contribution in [1.82, 2.24) is 5.32 Å². The van der Waals surface area contributed by atoms with E-state index in [-0.39, 0.29) is 5.56 Å². The van der Waals surface area contributed by atoms with Crippen LogP contribution in [0, 0.1) is 5.82 Å². The molecule has 0 spiro atoms. The maximum atomic E-state index is 13.6. The summed E-state index contributed by atoms with van der Waals surface area (Å²) in [5.41, 5.74) is 1.92. The molecule has 0 aliphatic carbocycles. The van der Waals surface area contributed by atoms with E-state index in [9.17, 15) is 9.18 Å². The van der Waals surface area contributed by atoms with Crippen molar-refractivity contribution < 1.29 is 9.18 Å². The van der Waals surface area contributed by atoms with Crippen LogP contribution in [-0.2, 0) is 12.4 Å². The Hall–Kier alpha value is -1.39. The van der Waals surface area contributed by atoms with Crippen molar-refractivity contribution in [3.8, 4) is 0 Å². The average Bonchev–Trinajstić information content (AvgIpc) is 2.47. The summed E-state index contributed by atoms with van der Waals surface area (Å²) >= 11 is 8.97. The molecule has 0 aromatic heterocycles. The van der Waals surface area contributed by atoms with E-state index in [1.165, 1.54) is 12.1 Å². The number of nitrogens with one attached hydrogen (secondary N) is 1. The molecule has 0 atom stereocenters. The number of alkyl halides is 1. The summed E-state index contributed by atoms with van der Waals surface area (Å²) < 4.78 is 14.2. The predicted molar refractivity (Wildman–Crippen MR) is 81.3 cm³/mol. The maximum absolute atomic E-state index is 13.6. The summed E-state index contributed by atoms with van der Waals surface area (Å²) in [5.74, 6) is -0.567. The molecule has 0 radical (unpaired) electrons. The van der Waals surface area contributed by atoms with Crippen LogP contribution < -0.4 is 5.32 Å². The third-order valence-electron chi connectivity index (χ3n) is 2.77. The second-order valence-electron chi connectivity index (χ2n) is 4.26. The van der Waals surface area contributed by atoms with Gasteiger partial charge in [-0.3, -0.25) is 4.79 Å². The van der Waals surface area contributed by atoms with E-state index < -0.39 is 11.7 Å². The number of benzene rings is 2. The van der Waals surface area contributed by atoms with Crippen molar-refractivity contribution in [2.75, 3.05) is 0 Å². The van der Waals surface area contributed by atoms with Crippen LogP contribution in [0.2, 0.25) is 0 Å². The van der Waals surface area contributed by atoms with Crippen LogP contribution in [0.1, 0.15) is 21.5 Å². The first-order valence-corrected chi connectivity index (χ1v) is 7.30. The molecule has 0 unspecified atom stereocenters. The average molecular weight is 357 g/mol. The van der Waals surface area contributed by atoms with Gasteiger partial charge in [-0.1, -0.05) is 40.2 Å². The van der Waals surface area contributed by atoms with Gasteiger partial charge in [0, 0.05) is 16.9 Å². The lowest BCUT2D eigenvalue weighted by atomic mass is 10.1. The minimum atomic E-state index is -0.541. The highest BCUT2D eigenvalue weighted by atomic mass is 79.9. The van der Waals surface area contributed by atoms with Gasteiger partial charge in [0.25, 0.3) is 5.91 Å². The lowest BCUT2D eigenvalue weighted by molar-refractivity contribution is 0.0947. The minimum Gasteiger partial charge on any atom is -0.348 e. The number of hydrogen-bond donors (Lipinski definition) is 1. The van der Waals surface area contributed by atoms with Crippen molar-refractivity contribution in [2.24, 2.45) is 0 Å². The number of rotatable bonds is 4. The van der Waals surface area contributed by atoms with Crippen LogP contribution in [0.15, 0.2) is 46.9 Å². The molecule has 2 nitrogen and oxygen atoms in total. The normalized spacial score (nSPS) is 10.3. The molecule has 2 rings (SSSR count). The summed E-state index contributed by atoms with van der Waals surface area (Å²) in [6.45, 7) is 0.329. The first-order valence-electron chi connectivity index (χ1n) is 5.97. The molecule has 104 valence electrons. The van der Waals surface area contributed by atoms with Gasteiger partial charge in [-0.25, -0.2) is 4.39 Å². The second kappa shape index (κ2) is 6.86. The highest BCUT2D eigenvalue weighted by molar-refractivity contribution is 9.10. The highest BCUT2D eigenvalue weighted by Gasteiger charge is 2.11. The Bertz CT molecular complexity index is 633. The van der Waals surface area contributed by atoms with Crippen molar-refractivity contribution in [3.63, 3.8) is 0 Å². The van der Waals surface area contributed by atoms with Crippen LogP contribution in [-0.4, -0.2) is 5.91 Å². The van der Waals surface area contributed by atoms with Crippen molar-refractivity contribution in [1.29, 1.82) is 0 Å². The Morgan fingerprint density at radius 1 is 1.20 bits per heavy atom. The summed E-state index contributed by atoms with van der Waals surface area (Å²) in [4.78, 5) is 11.9. The zero-order valence-corrected chi connectivity index (χ0v) is 12.8. The van der Waals surface area contributed by atoms with Crippen molar-refractivity contribution >= 4 is 33.4 Å². The molecule has 0 aliphatic heterocycles. The molecule has 0 aliphatic rings. The molecule has 0 saturated heterocycles. The fourth-order valence-electron chi connectivity index (χ4n) is 1.77. The summed E-state index contributed by atoms with van der Waals surface area (Å²) in [6.07, 6.45) is 0. The van der Waals surface area contributed by atoms with Gasteiger partial charge in [0.15, 0.2) is 0 Å². The lowest BCUT2D eigenvalue weighted by Gasteiger charge is -2.07. The van der Waals surface area contributed by atoms with Gasteiger partial charge in [0.1, 0.15) is 5.82 Å². The van der Waals surface area contributed by atoms with Gasteiger partial charge in [-0.2, -0.15) is 0 Å². The molecule has 0 saturated carbocycles. The number of hydrogen-bond acceptors (Lipinski definition) is 1. The van der Waals surface area contributed by atoms with Gasteiger partial charge >= 0.3 is 0 Å². The van der Waals surface area contributed by atoms with E-state index in [1.54, 1.807) is 6.07 Å². The molecule has 1 amide bonds. The van der Waals surface area contributed by atoms with Crippen LogP contribution in [0.3, 0.4) is 0 Å². The van der Waals surface area contributed by atoms with Gasteiger partial charge in [0.05, 0.1) is 5.56 Å². The fourth-order valence-corrected chi connectivity index (χ4v) is 2.30. The molecule has 2 aromatic carbocycles. The molecule has 2 aromatic rings. The van der Waals surface area contributed by atoms with Gasteiger partial charge < -0.3 is 5.32 Å². The zero-order chi connectivity index (χ0) is 14.5. The zero-order valence-electron chi connectivity index (χ0n) is 10.5. The third kappa shape index (κ3) is 3.81. The Morgan fingerprint density at radius 2 is 1.95 bits per heavy atom. The quantitative estimate of drug-likeness (QED) is 0.815. The summed E-state index contributed by atoms with van der Waals surface area (Å²) in [7, 11) is 0. The fraction of sp³-hybridized carbons (Fsp3) is 0.133. The molecule has 1 N–H and O–H groups in total. The number of amides is 1. The smallest absolute Gasteiger partial charge is 0.254 e. The number of carbonyl (C=O) groups is 1. The van der Waals surface area contributed by atoms with Gasteiger partial charge in [0.2, 0.25) is 0 Å². The van der Waals surface area contributed by atoms with E-state index >= 15 is 0 Å². The van der Waals surface area contributed by atoms with Gasteiger partial charge in [-0.05, 0) is 29.3 Å².